The molecule has 0 heterocycles. The van der Waals surface area contributed by atoms with Gasteiger partial charge in [0.1, 0.15) is 0 Å². The molecule has 0 atom stereocenters. The number of hydrogen-bond donors (Lipinski definition) is 1. The van der Waals surface area contributed by atoms with Crippen LogP contribution in [0.1, 0.15) is 37.8 Å². The molecule has 0 spiro atoms. The van der Waals surface area contributed by atoms with Gasteiger partial charge in [0.15, 0.2) is 0 Å². The molecule has 0 aliphatic heterocycles. The van der Waals surface area contributed by atoms with E-state index in [2.05, 4.69) is 19.9 Å². The van der Waals surface area contributed by atoms with Crippen LogP contribution in [-0.2, 0) is 12.8 Å². The molecule has 3 nitrogen and oxygen atoms in total. The number of anilines is 2. The maximum atomic E-state index is 11.9. The third-order valence-corrected chi connectivity index (χ3v) is 3.71. The van der Waals surface area contributed by atoms with Gasteiger partial charge >= 0.3 is 6.09 Å². The predicted octanol–water partition coefficient (Wildman–Crippen LogP) is 5.41. The van der Waals surface area contributed by atoms with Crippen LogP contribution >= 0.6 is 0 Å². The molecule has 0 aliphatic carbocycles. The van der Waals surface area contributed by atoms with E-state index in [4.69, 9.17) is 0 Å². The first kappa shape index (κ1) is 16.1. The number of rotatable bonds is 6. The normalized spacial score (nSPS) is 10.5. The van der Waals surface area contributed by atoms with Gasteiger partial charge in [0, 0.05) is 0 Å². The first-order valence-corrected chi connectivity index (χ1v) is 7.87. The molecule has 2 aromatic rings. The molecule has 0 saturated heterocycles. The molecular weight excluding hydrogens is 274 g/mol. The summed E-state index contributed by atoms with van der Waals surface area (Å²) in [5.74, 6) is 0. The molecule has 22 heavy (non-hydrogen) atoms. The summed E-state index contributed by atoms with van der Waals surface area (Å²) in [7, 11) is 0. The van der Waals surface area contributed by atoms with E-state index in [1.165, 1.54) is 10.5 Å². The molecule has 0 aromatic heterocycles. The lowest BCUT2D eigenvalue weighted by atomic mass is 9.97. The number of carboxylic acid groups (broad SMARTS) is 1. The Bertz CT molecular complexity index is 623. The summed E-state index contributed by atoms with van der Waals surface area (Å²) in [5, 5.41) is 9.72. The fourth-order valence-corrected chi connectivity index (χ4v) is 2.80. The second kappa shape index (κ2) is 7.64. The number of para-hydroxylation sites is 1. The standard InChI is InChI=1S/C19H23NO2/c1-3-9-15-11-8-14-18(17(15)10-4-2)20(19(21)22)16-12-6-5-7-13-16/h5-8,11-14H,3-4,9-10H2,1-2H3,(H,21,22). The Morgan fingerprint density at radius 2 is 1.64 bits per heavy atom. The zero-order valence-electron chi connectivity index (χ0n) is 13.2. The SMILES string of the molecule is CCCc1cccc(N(C(=O)O)c2ccccc2)c1CCC. The number of benzene rings is 2. The zero-order chi connectivity index (χ0) is 15.9. The maximum absolute atomic E-state index is 11.9. The summed E-state index contributed by atoms with van der Waals surface area (Å²) in [4.78, 5) is 13.2. The quantitative estimate of drug-likeness (QED) is 0.774. The molecule has 2 aromatic carbocycles. The van der Waals surface area contributed by atoms with Gasteiger partial charge < -0.3 is 5.11 Å². The average molecular weight is 297 g/mol. The summed E-state index contributed by atoms with van der Waals surface area (Å²) < 4.78 is 0. The first-order valence-electron chi connectivity index (χ1n) is 7.87. The number of hydrogen-bond acceptors (Lipinski definition) is 1. The lowest BCUT2D eigenvalue weighted by Crippen LogP contribution is -2.25. The van der Waals surface area contributed by atoms with Crippen LogP contribution < -0.4 is 4.90 Å². The highest BCUT2D eigenvalue weighted by Gasteiger charge is 2.20. The highest BCUT2D eigenvalue weighted by atomic mass is 16.4. The van der Waals surface area contributed by atoms with Gasteiger partial charge in [0.25, 0.3) is 0 Å². The molecule has 0 aliphatic rings. The molecule has 0 radical (unpaired) electrons. The Balaban J connectivity index is 2.56. The minimum Gasteiger partial charge on any atom is -0.464 e. The second-order valence-electron chi connectivity index (χ2n) is 5.37. The van der Waals surface area contributed by atoms with Gasteiger partial charge in [0.2, 0.25) is 0 Å². The summed E-state index contributed by atoms with van der Waals surface area (Å²) in [6.45, 7) is 4.27. The molecule has 1 amide bonds. The van der Waals surface area contributed by atoms with E-state index in [1.54, 1.807) is 0 Å². The Hall–Kier alpha value is -2.29. The van der Waals surface area contributed by atoms with Gasteiger partial charge in [-0.25, -0.2) is 9.69 Å². The van der Waals surface area contributed by atoms with Crippen LogP contribution in [0.5, 0.6) is 0 Å². The zero-order valence-corrected chi connectivity index (χ0v) is 13.2. The Kier molecular flexibility index (Phi) is 5.59. The minimum atomic E-state index is -0.947. The van der Waals surface area contributed by atoms with E-state index in [0.717, 1.165) is 36.9 Å². The van der Waals surface area contributed by atoms with Crippen LogP contribution in [0, 0.1) is 0 Å². The maximum Gasteiger partial charge on any atom is 0.416 e. The smallest absolute Gasteiger partial charge is 0.416 e. The Morgan fingerprint density at radius 3 is 2.23 bits per heavy atom. The third kappa shape index (κ3) is 3.48. The van der Waals surface area contributed by atoms with Crippen LogP contribution in [0.25, 0.3) is 0 Å². The van der Waals surface area contributed by atoms with Crippen molar-refractivity contribution in [2.75, 3.05) is 4.90 Å². The molecule has 2 rings (SSSR count). The van der Waals surface area contributed by atoms with Gasteiger partial charge in [-0.3, -0.25) is 0 Å². The molecule has 0 unspecified atom stereocenters. The largest absolute Gasteiger partial charge is 0.464 e. The van der Waals surface area contributed by atoms with E-state index in [-0.39, 0.29) is 0 Å². The van der Waals surface area contributed by atoms with Crippen molar-refractivity contribution in [3.8, 4) is 0 Å². The second-order valence-corrected chi connectivity index (χ2v) is 5.37. The number of aryl methyl sites for hydroxylation is 1. The van der Waals surface area contributed by atoms with E-state index in [9.17, 15) is 9.90 Å². The van der Waals surface area contributed by atoms with E-state index < -0.39 is 6.09 Å². The average Bonchev–Trinajstić information content (AvgIpc) is 2.51. The van der Waals surface area contributed by atoms with Crippen molar-refractivity contribution in [3.63, 3.8) is 0 Å². The molecule has 0 bridgehead atoms. The highest BCUT2D eigenvalue weighted by molar-refractivity contribution is 5.95. The summed E-state index contributed by atoms with van der Waals surface area (Å²) in [5.41, 5.74) is 3.87. The van der Waals surface area contributed by atoms with Crippen molar-refractivity contribution in [1.82, 2.24) is 0 Å². The van der Waals surface area contributed by atoms with Gasteiger partial charge in [-0.05, 0) is 42.2 Å². The van der Waals surface area contributed by atoms with Crippen LogP contribution in [0.4, 0.5) is 16.2 Å². The van der Waals surface area contributed by atoms with Crippen LogP contribution in [-0.4, -0.2) is 11.2 Å². The summed E-state index contributed by atoms with van der Waals surface area (Å²) >= 11 is 0. The molecule has 116 valence electrons. The molecule has 0 fully saturated rings. The lowest BCUT2D eigenvalue weighted by molar-refractivity contribution is 0.204. The monoisotopic (exact) mass is 297 g/mol. The summed E-state index contributed by atoms with van der Waals surface area (Å²) in [6, 6.07) is 15.3. The van der Waals surface area contributed by atoms with Gasteiger partial charge in [-0.15, -0.1) is 0 Å². The van der Waals surface area contributed by atoms with Crippen LogP contribution in [0.15, 0.2) is 48.5 Å². The fraction of sp³-hybridized carbons (Fsp3) is 0.316. The predicted molar refractivity (Wildman–Crippen MR) is 91.0 cm³/mol. The number of carbonyl (C=O) groups is 1. The van der Waals surface area contributed by atoms with Gasteiger partial charge in [-0.1, -0.05) is 57.0 Å². The summed E-state index contributed by atoms with van der Waals surface area (Å²) in [6.07, 6.45) is 2.97. The topological polar surface area (TPSA) is 40.5 Å². The third-order valence-electron chi connectivity index (χ3n) is 3.71. The van der Waals surface area contributed by atoms with Crippen molar-refractivity contribution in [2.24, 2.45) is 0 Å². The van der Waals surface area contributed by atoms with E-state index in [0.29, 0.717) is 5.69 Å². The molecule has 1 N–H and O–H groups in total. The number of nitrogens with zero attached hydrogens (tertiary/aromatic N) is 1. The molecular formula is C19H23NO2. The van der Waals surface area contributed by atoms with Crippen LogP contribution in [0.2, 0.25) is 0 Å². The molecule has 0 saturated carbocycles. The lowest BCUT2D eigenvalue weighted by Gasteiger charge is -2.24. The van der Waals surface area contributed by atoms with Crippen molar-refractivity contribution >= 4 is 17.5 Å². The van der Waals surface area contributed by atoms with Crippen LogP contribution in [0.3, 0.4) is 0 Å². The Labute approximate surface area is 132 Å². The fourth-order valence-electron chi connectivity index (χ4n) is 2.80. The van der Waals surface area contributed by atoms with Crippen molar-refractivity contribution in [2.45, 2.75) is 39.5 Å². The van der Waals surface area contributed by atoms with Gasteiger partial charge in [0.05, 0.1) is 11.4 Å². The first-order chi connectivity index (χ1) is 10.7. The Morgan fingerprint density at radius 1 is 0.955 bits per heavy atom. The van der Waals surface area contributed by atoms with Crippen molar-refractivity contribution in [1.29, 1.82) is 0 Å². The molecule has 3 heteroatoms. The van der Waals surface area contributed by atoms with Gasteiger partial charge in [-0.2, -0.15) is 0 Å². The minimum absolute atomic E-state index is 0.681. The van der Waals surface area contributed by atoms with Crippen molar-refractivity contribution in [3.05, 3.63) is 59.7 Å². The van der Waals surface area contributed by atoms with Crippen molar-refractivity contribution < 1.29 is 9.90 Å². The van der Waals surface area contributed by atoms with E-state index >= 15 is 0 Å². The highest BCUT2D eigenvalue weighted by Crippen LogP contribution is 2.32. The van der Waals surface area contributed by atoms with E-state index in [1.807, 2.05) is 42.5 Å². The number of amides is 1.